The second-order valence-corrected chi connectivity index (χ2v) is 5.60. The zero-order valence-corrected chi connectivity index (χ0v) is 11.9. The van der Waals surface area contributed by atoms with E-state index < -0.39 is 5.63 Å². The fourth-order valence-electron chi connectivity index (χ4n) is 2.44. The standard InChI is InChI=1S/C16H16O5/c1-8-5-12(8)16(19)20-7-10-6-14(18)21-15-9(2)13(17)4-3-11(10)15/h3-4,6,8,12,17H,5,7H2,1-2H3/t8-,12-/m1/s1. The molecule has 1 heterocycles. The second-order valence-electron chi connectivity index (χ2n) is 5.60. The lowest BCUT2D eigenvalue weighted by molar-refractivity contribution is -0.146. The number of carbonyl (C=O) groups excluding carboxylic acids is 1. The number of phenolic OH excluding ortho intramolecular Hbond substituents is 1. The maximum atomic E-state index is 11.8. The highest BCUT2D eigenvalue weighted by Gasteiger charge is 2.40. The van der Waals surface area contributed by atoms with Crippen LogP contribution in [0.15, 0.2) is 27.4 Å². The summed E-state index contributed by atoms with van der Waals surface area (Å²) >= 11 is 0. The van der Waals surface area contributed by atoms with Crippen molar-refractivity contribution in [3.8, 4) is 5.75 Å². The van der Waals surface area contributed by atoms with Gasteiger partial charge in [-0.1, -0.05) is 6.92 Å². The van der Waals surface area contributed by atoms with Crippen molar-refractivity contribution in [2.75, 3.05) is 0 Å². The van der Waals surface area contributed by atoms with Crippen LogP contribution in [0, 0.1) is 18.8 Å². The minimum atomic E-state index is -0.526. The topological polar surface area (TPSA) is 76.7 Å². The Balaban J connectivity index is 1.93. The molecule has 2 atom stereocenters. The molecule has 1 aliphatic carbocycles. The number of fused-ring (bicyclic) bond motifs is 1. The molecular formula is C16H16O5. The third kappa shape index (κ3) is 2.51. The van der Waals surface area contributed by atoms with Crippen molar-refractivity contribution < 1.29 is 19.1 Å². The molecule has 5 nitrogen and oxygen atoms in total. The summed E-state index contributed by atoms with van der Waals surface area (Å²) in [4.78, 5) is 23.4. The smallest absolute Gasteiger partial charge is 0.336 e. The summed E-state index contributed by atoms with van der Waals surface area (Å²) in [5.74, 6) is 0.211. The van der Waals surface area contributed by atoms with Crippen LogP contribution in [0.25, 0.3) is 11.0 Å². The maximum absolute atomic E-state index is 11.8. The number of rotatable bonds is 3. The Hall–Kier alpha value is -2.30. The monoisotopic (exact) mass is 288 g/mol. The van der Waals surface area contributed by atoms with E-state index in [0.29, 0.717) is 28.0 Å². The summed E-state index contributed by atoms with van der Waals surface area (Å²) in [6, 6.07) is 4.51. The van der Waals surface area contributed by atoms with Crippen molar-refractivity contribution in [1.29, 1.82) is 0 Å². The average molecular weight is 288 g/mol. The third-order valence-corrected chi connectivity index (χ3v) is 4.00. The van der Waals surface area contributed by atoms with Crippen LogP contribution in [-0.2, 0) is 16.1 Å². The molecule has 0 aliphatic heterocycles. The van der Waals surface area contributed by atoms with E-state index in [2.05, 4.69) is 0 Å². The highest BCUT2D eigenvalue weighted by atomic mass is 16.5. The SMILES string of the molecule is Cc1c(O)ccc2c(COC(=O)[C@@H]3C[C@H]3C)cc(=O)oc12. The fourth-order valence-corrected chi connectivity index (χ4v) is 2.44. The van der Waals surface area contributed by atoms with E-state index >= 15 is 0 Å². The van der Waals surface area contributed by atoms with Gasteiger partial charge in [-0.05, 0) is 31.4 Å². The molecule has 110 valence electrons. The molecular weight excluding hydrogens is 272 g/mol. The Morgan fingerprint density at radius 1 is 1.48 bits per heavy atom. The van der Waals surface area contributed by atoms with E-state index in [4.69, 9.17) is 9.15 Å². The van der Waals surface area contributed by atoms with Crippen LogP contribution in [0.2, 0.25) is 0 Å². The molecule has 1 aromatic carbocycles. The number of hydrogen-bond acceptors (Lipinski definition) is 5. The summed E-state index contributed by atoms with van der Waals surface area (Å²) in [7, 11) is 0. The number of carbonyl (C=O) groups is 1. The van der Waals surface area contributed by atoms with Crippen molar-refractivity contribution in [1.82, 2.24) is 0 Å². The Morgan fingerprint density at radius 3 is 2.86 bits per heavy atom. The number of ether oxygens (including phenoxy) is 1. The molecule has 0 unspecified atom stereocenters. The van der Waals surface area contributed by atoms with Gasteiger partial charge in [0.05, 0.1) is 5.92 Å². The van der Waals surface area contributed by atoms with E-state index in [1.165, 1.54) is 12.1 Å². The van der Waals surface area contributed by atoms with Crippen molar-refractivity contribution in [3.05, 3.63) is 39.7 Å². The highest BCUT2D eigenvalue weighted by molar-refractivity contribution is 5.85. The summed E-state index contributed by atoms with van der Waals surface area (Å²) in [6.07, 6.45) is 0.865. The van der Waals surface area contributed by atoms with Gasteiger partial charge in [-0.3, -0.25) is 4.79 Å². The minimum Gasteiger partial charge on any atom is -0.508 e. The van der Waals surface area contributed by atoms with Crippen molar-refractivity contribution >= 4 is 16.9 Å². The van der Waals surface area contributed by atoms with Crippen LogP contribution in [0.4, 0.5) is 0 Å². The van der Waals surface area contributed by atoms with Crippen LogP contribution < -0.4 is 5.63 Å². The average Bonchev–Trinajstić information content (AvgIpc) is 3.17. The molecule has 0 radical (unpaired) electrons. The predicted octanol–water partition coefficient (Wildman–Crippen LogP) is 2.51. The summed E-state index contributed by atoms with van der Waals surface area (Å²) in [5, 5.41) is 10.3. The molecule has 1 aromatic heterocycles. The van der Waals surface area contributed by atoms with Crippen LogP contribution in [0.3, 0.4) is 0 Å². The number of phenols is 1. The molecule has 21 heavy (non-hydrogen) atoms. The third-order valence-electron chi connectivity index (χ3n) is 4.00. The van der Waals surface area contributed by atoms with Gasteiger partial charge in [0.15, 0.2) is 0 Å². The molecule has 0 spiro atoms. The number of esters is 1. The first-order valence-corrected chi connectivity index (χ1v) is 6.89. The normalized spacial score (nSPS) is 20.5. The Labute approximate surface area is 121 Å². The first kappa shape index (κ1) is 13.7. The number of aryl methyl sites for hydroxylation is 1. The summed E-state index contributed by atoms with van der Waals surface area (Å²) < 4.78 is 10.4. The molecule has 3 rings (SSSR count). The Kier molecular flexibility index (Phi) is 3.20. The predicted molar refractivity (Wildman–Crippen MR) is 76.0 cm³/mol. The summed E-state index contributed by atoms with van der Waals surface area (Å²) in [6.45, 7) is 3.71. The molecule has 0 saturated heterocycles. The quantitative estimate of drug-likeness (QED) is 0.693. The van der Waals surface area contributed by atoms with E-state index in [-0.39, 0.29) is 24.2 Å². The van der Waals surface area contributed by atoms with Gasteiger partial charge in [0, 0.05) is 22.6 Å². The van der Waals surface area contributed by atoms with Gasteiger partial charge >= 0.3 is 11.6 Å². The summed E-state index contributed by atoms with van der Waals surface area (Å²) in [5.41, 5.74) is 0.884. The molecule has 2 aromatic rings. The van der Waals surface area contributed by atoms with E-state index in [1.807, 2.05) is 6.92 Å². The molecule has 0 bridgehead atoms. The van der Waals surface area contributed by atoms with Gasteiger partial charge < -0.3 is 14.3 Å². The first-order valence-electron chi connectivity index (χ1n) is 6.89. The van der Waals surface area contributed by atoms with Gasteiger partial charge in [-0.25, -0.2) is 4.79 Å². The Bertz CT molecular complexity index is 774. The highest BCUT2D eigenvalue weighted by Crippen LogP contribution is 2.39. The van der Waals surface area contributed by atoms with Gasteiger partial charge in [0.1, 0.15) is 17.9 Å². The van der Waals surface area contributed by atoms with Gasteiger partial charge in [-0.15, -0.1) is 0 Å². The van der Waals surface area contributed by atoms with Gasteiger partial charge in [-0.2, -0.15) is 0 Å². The van der Waals surface area contributed by atoms with Crippen molar-refractivity contribution in [2.45, 2.75) is 26.9 Å². The minimum absolute atomic E-state index is 0.0119. The molecule has 0 amide bonds. The van der Waals surface area contributed by atoms with Crippen molar-refractivity contribution in [3.63, 3.8) is 0 Å². The lowest BCUT2D eigenvalue weighted by Crippen LogP contribution is -2.10. The fraction of sp³-hybridized carbons (Fsp3) is 0.375. The van der Waals surface area contributed by atoms with Crippen LogP contribution in [0.5, 0.6) is 5.75 Å². The lowest BCUT2D eigenvalue weighted by Gasteiger charge is -2.09. The van der Waals surface area contributed by atoms with Gasteiger partial charge in [0.25, 0.3) is 0 Å². The molecule has 1 N–H and O–H groups in total. The van der Waals surface area contributed by atoms with Crippen LogP contribution >= 0.6 is 0 Å². The lowest BCUT2D eigenvalue weighted by atomic mass is 10.1. The van der Waals surface area contributed by atoms with Crippen molar-refractivity contribution in [2.24, 2.45) is 11.8 Å². The largest absolute Gasteiger partial charge is 0.508 e. The number of hydrogen-bond donors (Lipinski definition) is 1. The molecule has 1 saturated carbocycles. The Morgan fingerprint density at radius 2 is 2.19 bits per heavy atom. The van der Waals surface area contributed by atoms with E-state index in [1.54, 1.807) is 13.0 Å². The van der Waals surface area contributed by atoms with E-state index in [0.717, 1.165) is 6.42 Å². The molecule has 5 heteroatoms. The molecule has 1 aliphatic rings. The van der Waals surface area contributed by atoms with E-state index in [9.17, 15) is 14.7 Å². The second kappa shape index (κ2) is 4.91. The zero-order valence-electron chi connectivity index (χ0n) is 11.9. The number of benzene rings is 1. The molecule has 1 fully saturated rings. The maximum Gasteiger partial charge on any atom is 0.336 e. The van der Waals surface area contributed by atoms with Gasteiger partial charge in [0.2, 0.25) is 0 Å². The zero-order chi connectivity index (χ0) is 15.1. The first-order chi connectivity index (χ1) is 9.97. The van der Waals surface area contributed by atoms with Crippen LogP contribution in [0.1, 0.15) is 24.5 Å². The number of aromatic hydroxyl groups is 1. The van der Waals surface area contributed by atoms with Crippen LogP contribution in [-0.4, -0.2) is 11.1 Å².